The summed E-state index contributed by atoms with van der Waals surface area (Å²) in [6.45, 7) is 6.27. The Balaban J connectivity index is 2.35. The lowest BCUT2D eigenvalue weighted by molar-refractivity contribution is -0.126. The number of carbonyl (C=O) groups is 2. The van der Waals surface area contributed by atoms with Crippen molar-refractivity contribution in [3.05, 3.63) is 29.8 Å². The van der Waals surface area contributed by atoms with Gasteiger partial charge in [-0.1, -0.05) is 26.0 Å². The van der Waals surface area contributed by atoms with Gasteiger partial charge in [-0.15, -0.1) is 0 Å². The average molecular weight is 260 g/mol. The summed E-state index contributed by atoms with van der Waals surface area (Å²) >= 11 is 0. The number of amides is 2. The average Bonchev–Trinajstić information content (AvgIpc) is 2.61. The van der Waals surface area contributed by atoms with Crippen molar-refractivity contribution >= 4 is 17.5 Å². The molecule has 0 saturated carbocycles. The van der Waals surface area contributed by atoms with E-state index in [1.54, 1.807) is 12.1 Å². The number of anilines is 1. The van der Waals surface area contributed by atoms with Gasteiger partial charge >= 0.3 is 0 Å². The SMILES string of the molecule is CC(C)C1(C)CC(=O)N(c2ccc(CN)cc2)C1=O. The van der Waals surface area contributed by atoms with E-state index in [-0.39, 0.29) is 24.2 Å². The highest BCUT2D eigenvalue weighted by atomic mass is 16.2. The van der Waals surface area contributed by atoms with Crippen LogP contribution in [-0.4, -0.2) is 11.8 Å². The first-order valence-electron chi connectivity index (χ1n) is 6.56. The van der Waals surface area contributed by atoms with Gasteiger partial charge in [-0.25, -0.2) is 0 Å². The van der Waals surface area contributed by atoms with Crippen LogP contribution in [0.25, 0.3) is 0 Å². The summed E-state index contributed by atoms with van der Waals surface area (Å²) in [4.78, 5) is 26.0. The highest BCUT2D eigenvalue weighted by Gasteiger charge is 2.50. The van der Waals surface area contributed by atoms with Crippen molar-refractivity contribution in [2.75, 3.05) is 4.90 Å². The van der Waals surface area contributed by atoms with Crippen molar-refractivity contribution in [1.29, 1.82) is 0 Å². The van der Waals surface area contributed by atoms with Crippen LogP contribution >= 0.6 is 0 Å². The molecule has 0 aromatic heterocycles. The topological polar surface area (TPSA) is 63.4 Å². The van der Waals surface area contributed by atoms with Crippen molar-refractivity contribution in [3.63, 3.8) is 0 Å². The van der Waals surface area contributed by atoms with Crippen molar-refractivity contribution in [2.45, 2.75) is 33.7 Å². The second-order valence-corrected chi connectivity index (χ2v) is 5.65. The summed E-state index contributed by atoms with van der Waals surface area (Å²) in [5, 5.41) is 0. The number of nitrogens with two attached hydrogens (primary N) is 1. The minimum absolute atomic E-state index is 0.104. The molecule has 0 aliphatic carbocycles. The molecule has 0 bridgehead atoms. The third kappa shape index (κ3) is 2.16. The Labute approximate surface area is 113 Å². The molecule has 4 heteroatoms. The Morgan fingerprint density at radius 2 is 1.84 bits per heavy atom. The monoisotopic (exact) mass is 260 g/mol. The first kappa shape index (κ1) is 13.7. The Kier molecular flexibility index (Phi) is 3.45. The van der Waals surface area contributed by atoms with E-state index in [0.29, 0.717) is 12.2 Å². The Morgan fingerprint density at radius 1 is 1.26 bits per heavy atom. The zero-order valence-corrected chi connectivity index (χ0v) is 11.6. The fraction of sp³-hybridized carbons (Fsp3) is 0.467. The molecule has 1 aromatic carbocycles. The minimum Gasteiger partial charge on any atom is -0.326 e. The molecule has 4 nitrogen and oxygen atoms in total. The quantitative estimate of drug-likeness (QED) is 0.846. The molecule has 2 amide bonds. The first-order valence-corrected chi connectivity index (χ1v) is 6.56. The van der Waals surface area contributed by atoms with Crippen LogP contribution in [0.15, 0.2) is 24.3 Å². The number of hydrogen-bond acceptors (Lipinski definition) is 3. The fourth-order valence-electron chi connectivity index (χ4n) is 2.33. The summed E-state index contributed by atoms with van der Waals surface area (Å²) < 4.78 is 0. The van der Waals surface area contributed by atoms with E-state index >= 15 is 0 Å². The van der Waals surface area contributed by atoms with Gasteiger partial charge in [0.2, 0.25) is 11.8 Å². The molecule has 2 N–H and O–H groups in total. The van der Waals surface area contributed by atoms with E-state index in [2.05, 4.69) is 0 Å². The molecule has 1 unspecified atom stereocenters. The Morgan fingerprint density at radius 3 is 2.26 bits per heavy atom. The van der Waals surface area contributed by atoms with Crippen LogP contribution in [0.1, 0.15) is 32.8 Å². The number of hydrogen-bond donors (Lipinski definition) is 1. The lowest BCUT2D eigenvalue weighted by atomic mass is 9.78. The van der Waals surface area contributed by atoms with Crippen molar-refractivity contribution < 1.29 is 9.59 Å². The predicted molar refractivity (Wildman–Crippen MR) is 74.4 cm³/mol. The van der Waals surface area contributed by atoms with Gasteiger partial charge in [-0.05, 0) is 30.5 Å². The van der Waals surface area contributed by atoms with Gasteiger partial charge in [0.05, 0.1) is 11.1 Å². The highest BCUT2D eigenvalue weighted by Crippen LogP contribution is 2.41. The van der Waals surface area contributed by atoms with Crippen LogP contribution in [-0.2, 0) is 16.1 Å². The van der Waals surface area contributed by atoms with Crippen LogP contribution in [0.5, 0.6) is 0 Å². The maximum atomic E-state index is 12.5. The third-order valence-corrected chi connectivity index (χ3v) is 4.16. The molecular formula is C15H20N2O2. The largest absolute Gasteiger partial charge is 0.326 e. The van der Waals surface area contributed by atoms with Gasteiger partial charge in [0, 0.05) is 13.0 Å². The molecule has 1 heterocycles. The molecule has 102 valence electrons. The number of imide groups is 1. The predicted octanol–water partition coefficient (Wildman–Crippen LogP) is 2.07. The third-order valence-electron chi connectivity index (χ3n) is 4.16. The summed E-state index contributed by atoms with van der Waals surface area (Å²) in [7, 11) is 0. The van der Waals surface area contributed by atoms with Crippen LogP contribution in [0.2, 0.25) is 0 Å². The second-order valence-electron chi connectivity index (χ2n) is 5.65. The van der Waals surface area contributed by atoms with E-state index in [4.69, 9.17) is 5.73 Å². The molecular weight excluding hydrogens is 240 g/mol. The first-order chi connectivity index (χ1) is 8.90. The summed E-state index contributed by atoms with van der Waals surface area (Å²) in [5.41, 5.74) is 6.57. The normalized spacial score (nSPS) is 23.5. The fourth-order valence-corrected chi connectivity index (χ4v) is 2.33. The van der Waals surface area contributed by atoms with Gasteiger partial charge in [0.15, 0.2) is 0 Å². The highest BCUT2D eigenvalue weighted by molar-refractivity contribution is 6.22. The summed E-state index contributed by atoms with van der Waals surface area (Å²) in [6, 6.07) is 7.26. The van der Waals surface area contributed by atoms with Crippen molar-refractivity contribution in [2.24, 2.45) is 17.1 Å². The Bertz CT molecular complexity index is 507. The summed E-state index contributed by atoms with van der Waals surface area (Å²) in [6.07, 6.45) is 0.280. The van der Waals surface area contributed by atoms with Gasteiger partial charge in [-0.3, -0.25) is 14.5 Å². The second kappa shape index (κ2) is 4.78. The van der Waals surface area contributed by atoms with Gasteiger partial charge in [0.1, 0.15) is 0 Å². The van der Waals surface area contributed by atoms with E-state index in [1.807, 2.05) is 32.9 Å². The molecule has 1 atom stereocenters. The van der Waals surface area contributed by atoms with E-state index in [9.17, 15) is 9.59 Å². The number of nitrogens with zero attached hydrogens (tertiary/aromatic N) is 1. The van der Waals surface area contributed by atoms with E-state index in [1.165, 1.54) is 4.90 Å². The molecule has 1 aromatic rings. The number of benzene rings is 1. The van der Waals surface area contributed by atoms with Gasteiger partial charge < -0.3 is 5.73 Å². The van der Waals surface area contributed by atoms with Crippen LogP contribution in [0, 0.1) is 11.3 Å². The molecule has 1 aliphatic heterocycles. The van der Waals surface area contributed by atoms with Crippen LogP contribution in [0.3, 0.4) is 0 Å². The smallest absolute Gasteiger partial charge is 0.240 e. The zero-order valence-electron chi connectivity index (χ0n) is 11.6. The standard InChI is InChI=1S/C15H20N2O2/c1-10(2)15(3)8-13(18)17(14(15)19)12-6-4-11(9-16)5-7-12/h4-7,10H,8-9,16H2,1-3H3. The molecule has 1 aliphatic rings. The molecule has 2 rings (SSSR count). The molecule has 0 spiro atoms. The van der Waals surface area contributed by atoms with Crippen molar-refractivity contribution in [3.8, 4) is 0 Å². The summed E-state index contributed by atoms with van der Waals surface area (Å²) in [5.74, 6) is -0.0908. The van der Waals surface area contributed by atoms with Crippen LogP contribution < -0.4 is 10.6 Å². The lowest BCUT2D eigenvalue weighted by Crippen LogP contribution is -2.36. The minimum atomic E-state index is -0.594. The van der Waals surface area contributed by atoms with Gasteiger partial charge in [-0.2, -0.15) is 0 Å². The van der Waals surface area contributed by atoms with E-state index < -0.39 is 5.41 Å². The van der Waals surface area contributed by atoms with Crippen LogP contribution in [0.4, 0.5) is 5.69 Å². The van der Waals surface area contributed by atoms with E-state index in [0.717, 1.165) is 5.56 Å². The maximum Gasteiger partial charge on any atom is 0.240 e. The number of rotatable bonds is 3. The number of carbonyl (C=O) groups excluding carboxylic acids is 2. The molecule has 0 radical (unpaired) electrons. The molecule has 1 saturated heterocycles. The lowest BCUT2D eigenvalue weighted by Gasteiger charge is -2.26. The van der Waals surface area contributed by atoms with Crippen molar-refractivity contribution in [1.82, 2.24) is 0 Å². The zero-order chi connectivity index (χ0) is 14.2. The molecule has 19 heavy (non-hydrogen) atoms. The Hall–Kier alpha value is -1.68. The molecule has 1 fully saturated rings. The van der Waals surface area contributed by atoms with Gasteiger partial charge in [0.25, 0.3) is 0 Å². The maximum absolute atomic E-state index is 12.5.